The van der Waals surface area contributed by atoms with E-state index < -0.39 is 6.10 Å². The van der Waals surface area contributed by atoms with Crippen molar-refractivity contribution in [3.05, 3.63) is 76.3 Å². The van der Waals surface area contributed by atoms with Gasteiger partial charge in [-0.3, -0.25) is 4.79 Å². The van der Waals surface area contributed by atoms with Crippen LogP contribution in [0.25, 0.3) is 5.69 Å². The van der Waals surface area contributed by atoms with Crippen LogP contribution in [0.15, 0.2) is 48.8 Å². The van der Waals surface area contributed by atoms with Crippen LogP contribution < -0.4 is 5.32 Å². The fraction of sp³-hybridized carbons (Fsp3) is 0.318. The van der Waals surface area contributed by atoms with Crippen molar-refractivity contribution < 1.29 is 9.90 Å². The number of carbonyl (C=O) groups is 1. The minimum Gasteiger partial charge on any atom is -0.391 e. The van der Waals surface area contributed by atoms with Crippen molar-refractivity contribution in [3.63, 3.8) is 0 Å². The van der Waals surface area contributed by atoms with Gasteiger partial charge in [-0.1, -0.05) is 23.7 Å². The van der Waals surface area contributed by atoms with E-state index in [0.29, 0.717) is 22.8 Å². The predicted octanol–water partition coefficient (Wildman–Crippen LogP) is 3.46. The van der Waals surface area contributed by atoms with Gasteiger partial charge in [0, 0.05) is 12.4 Å². The Bertz CT molecular complexity index is 1000. The van der Waals surface area contributed by atoms with Gasteiger partial charge in [-0.15, -0.1) is 0 Å². The number of hydrogen-bond acceptors (Lipinski definition) is 4. The molecule has 0 radical (unpaired) electrons. The summed E-state index contributed by atoms with van der Waals surface area (Å²) in [7, 11) is 0. The van der Waals surface area contributed by atoms with Crippen molar-refractivity contribution in [1.29, 1.82) is 0 Å². The van der Waals surface area contributed by atoms with E-state index >= 15 is 0 Å². The minimum atomic E-state index is -0.486. The van der Waals surface area contributed by atoms with Crippen molar-refractivity contribution >= 4 is 17.5 Å². The molecule has 29 heavy (non-hydrogen) atoms. The quantitative estimate of drug-likeness (QED) is 0.675. The normalized spacial score (nSPS) is 18.7. The summed E-state index contributed by atoms with van der Waals surface area (Å²) in [6, 6.07) is 11.5. The van der Waals surface area contributed by atoms with Crippen LogP contribution in [-0.2, 0) is 6.42 Å². The molecule has 2 heterocycles. The predicted molar refractivity (Wildman–Crippen MR) is 111 cm³/mol. The molecule has 0 spiro atoms. The summed E-state index contributed by atoms with van der Waals surface area (Å²) in [5, 5.41) is 17.7. The number of carbonyl (C=O) groups excluding carboxylic acids is 1. The molecule has 4 rings (SSSR count). The zero-order chi connectivity index (χ0) is 20.4. The van der Waals surface area contributed by atoms with E-state index in [1.807, 2.05) is 36.5 Å². The summed E-state index contributed by atoms with van der Waals surface area (Å²) < 4.78 is 1.80. The number of hydrogen-bond donors (Lipinski definition) is 2. The Kier molecular flexibility index (Phi) is 5.65. The van der Waals surface area contributed by atoms with Gasteiger partial charge in [-0.25, -0.2) is 9.67 Å². The molecule has 150 valence electrons. The fourth-order valence-electron chi connectivity index (χ4n) is 3.73. The lowest BCUT2D eigenvalue weighted by Crippen LogP contribution is -2.40. The van der Waals surface area contributed by atoms with E-state index in [2.05, 4.69) is 15.4 Å². The molecule has 1 saturated carbocycles. The number of nitrogens with one attached hydrogen (secondary N) is 1. The lowest BCUT2D eigenvalue weighted by atomic mass is 10.0. The summed E-state index contributed by atoms with van der Waals surface area (Å²) in [4.78, 5) is 17.0. The Labute approximate surface area is 174 Å². The Morgan fingerprint density at radius 1 is 1.31 bits per heavy atom. The first kappa shape index (κ1) is 19.6. The van der Waals surface area contributed by atoms with E-state index in [1.165, 1.54) is 0 Å². The molecule has 6 nitrogen and oxygen atoms in total. The van der Waals surface area contributed by atoms with Crippen LogP contribution in [0.4, 0.5) is 0 Å². The molecule has 2 atom stereocenters. The number of rotatable bonds is 5. The van der Waals surface area contributed by atoms with Crippen LogP contribution in [0.5, 0.6) is 0 Å². The molecule has 1 aliphatic rings. The number of aliphatic hydroxyl groups is 1. The molecule has 0 saturated heterocycles. The Hall–Kier alpha value is -2.70. The standard InChI is InChI=1S/C22H23ClN4O2/c1-14-21(23)16(12-15-6-8-17(9-7-15)27-11-3-10-24-27)13-19(25-14)22(29)26-18-4-2-5-20(18)28/h3,6-11,13,18,20,28H,2,4-5,12H2,1H3,(H,26,29)/t18-,20-/m0/s1. The van der Waals surface area contributed by atoms with Gasteiger partial charge in [0.05, 0.1) is 28.5 Å². The number of halogens is 1. The van der Waals surface area contributed by atoms with Crippen LogP contribution in [0, 0.1) is 6.92 Å². The average molecular weight is 411 g/mol. The highest BCUT2D eigenvalue weighted by Gasteiger charge is 2.27. The van der Waals surface area contributed by atoms with Crippen molar-refractivity contribution in [2.45, 2.75) is 44.8 Å². The summed E-state index contributed by atoms with van der Waals surface area (Å²) in [5.41, 5.74) is 3.85. The first-order chi connectivity index (χ1) is 14.0. The molecule has 1 aromatic carbocycles. The third-order valence-electron chi connectivity index (χ3n) is 5.33. The molecular weight excluding hydrogens is 388 g/mol. The number of pyridine rings is 1. The maximum absolute atomic E-state index is 12.7. The first-order valence-electron chi connectivity index (χ1n) is 9.75. The van der Waals surface area contributed by atoms with Gasteiger partial charge >= 0.3 is 0 Å². The van der Waals surface area contributed by atoms with Crippen LogP contribution >= 0.6 is 11.6 Å². The van der Waals surface area contributed by atoms with Crippen molar-refractivity contribution in [2.24, 2.45) is 0 Å². The zero-order valence-electron chi connectivity index (χ0n) is 16.2. The van der Waals surface area contributed by atoms with Crippen molar-refractivity contribution in [3.8, 4) is 5.69 Å². The number of amides is 1. The molecule has 1 fully saturated rings. The molecule has 2 aromatic heterocycles. The monoisotopic (exact) mass is 410 g/mol. The van der Waals surface area contributed by atoms with Crippen molar-refractivity contribution in [1.82, 2.24) is 20.1 Å². The SMILES string of the molecule is Cc1nc(C(=O)N[C@H]2CCC[C@@H]2O)cc(Cc2ccc(-n3cccn3)cc2)c1Cl. The largest absolute Gasteiger partial charge is 0.391 e. The highest BCUT2D eigenvalue weighted by atomic mass is 35.5. The second-order valence-corrected chi connectivity index (χ2v) is 7.82. The van der Waals surface area contributed by atoms with Gasteiger partial charge in [-0.05, 0) is 68.0 Å². The van der Waals surface area contributed by atoms with Crippen LogP contribution in [-0.4, -0.2) is 37.9 Å². The number of nitrogens with zero attached hydrogens (tertiary/aromatic N) is 3. The minimum absolute atomic E-state index is 0.210. The van der Waals surface area contributed by atoms with Gasteiger partial charge < -0.3 is 10.4 Å². The molecule has 0 bridgehead atoms. The summed E-state index contributed by atoms with van der Waals surface area (Å²) in [5.74, 6) is -0.272. The van der Waals surface area contributed by atoms with Crippen LogP contribution in [0.3, 0.4) is 0 Å². The second kappa shape index (κ2) is 8.35. The Morgan fingerprint density at radius 2 is 2.10 bits per heavy atom. The highest BCUT2D eigenvalue weighted by Crippen LogP contribution is 2.24. The van der Waals surface area contributed by atoms with E-state index in [-0.39, 0.29) is 11.9 Å². The van der Waals surface area contributed by atoms with E-state index in [1.54, 1.807) is 23.9 Å². The molecular formula is C22H23ClN4O2. The number of aryl methyl sites for hydroxylation is 1. The van der Waals surface area contributed by atoms with E-state index in [0.717, 1.165) is 36.1 Å². The molecule has 1 amide bonds. The van der Waals surface area contributed by atoms with Gasteiger partial charge in [0.2, 0.25) is 0 Å². The van der Waals surface area contributed by atoms with E-state index in [4.69, 9.17) is 11.6 Å². The average Bonchev–Trinajstić information content (AvgIpc) is 3.38. The number of aromatic nitrogens is 3. The van der Waals surface area contributed by atoms with Gasteiger partial charge in [0.1, 0.15) is 5.69 Å². The van der Waals surface area contributed by atoms with Crippen molar-refractivity contribution in [2.75, 3.05) is 0 Å². The summed E-state index contributed by atoms with van der Waals surface area (Å²) in [6.45, 7) is 1.80. The third kappa shape index (κ3) is 4.33. The third-order valence-corrected chi connectivity index (χ3v) is 5.84. The second-order valence-electron chi connectivity index (χ2n) is 7.44. The lowest BCUT2D eigenvalue weighted by Gasteiger charge is -2.17. The smallest absolute Gasteiger partial charge is 0.270 e. The molecule has 0 unspecified atom stereocenters. The first-order valence-corrected chi connectivity index (χ1v) is 10.1. The summed E-state index contributed by atoms with van der Waals surface area (Å²) >= 11 is 6.48. The Balaban J connectivity index is 1.53. The number of benzene rings is 1. The Morgan fingerprint density at radius 3 is 2.76 bits per heavy atom. The van der Waals surface area contributed by atoms with E-state index in [9.17, 15) is 9.90 Å². The fourth-order valence-corrected chi connectivity index (χ4v) is 3.89. The van der Waals surface area contributed by atoms with Gasteiger partial charge in [0.15, 0.2) is 0 Å². The molecule has 7 heteroatoms. The topological polar surface area (TPSA) is 80.0 Å². The van der Waals surface area contributed by atoms with Gasteiger partial charge in [0.25, 0.3) is 5.91 Å². The molecule has 2 N–H and O–H groups in total. The number of aliphatic hydroxyl groups excluding tert-OH is 1. The van der Waals surface area contributed by atoms with Gasteiger partial charge in [-0.2, -0.15) is 5.10 Å². The lowest BCUT2D eigenvalue weighted by molar-refractivity contribution is 0.0868. The summed E-state index contributed by atoms with van der Waals surface area (Å²) in [6.07, 6.45) is 6.16. The maximum Gasteiger partial charge on any atom is 0.270 e. The molecule has 3 aromatic rings. The maximum atomic E-state index is 12.7. The zero-order valence-corrected chi connectivity index (χ0v) is 16.9. The van der Waals surface area contributed by atoms with Crippen LogP contribution in [0.1, 0.15) is 46.6 Å². The molecule has 1 aliphatic carbocycles. The highest BCUT2D eigenvalue weighted by molar-refractivity contribution is 6.32. The van der Waals surface area contributed by atoms with Crippen LogP contribution in [0.2, 0.25) is 5.02 Å². The molecule has 0 aliphatic heterocycles.